The number of methoxy groups -OCH3 is 1. The van der Waals surface area contributed by atoms with Crippen molar-refractivity contribution < 1.29 is 13.9 Å². The van der Waals surface area contributed by atoms with Gasteiger partial charge in [-0.25, -0.2) is 4.98 Å². The van der Waals surface area contributed by atoms with Gasteiger partial charge in [0.05, 0.1) is 7.11 Å². The lowest BCUT2D eigenvalue weighted by Gasteiger charge is -2.09. The first-order valence-electron chi connectivity index (χ1n) is 8.85. The maximum atomic E-state index is 12.1. The van der Waals surface area contributed by atoms with Gasteiger partial charge in [0.2, 0.25) is 5.89 Å². The average Bonchev–Trinajstić information content (AvgIpc) is 3.18. The zero-order valence-corrected chi connectivity index (χ0v) is 16.3. The highest BCUT2D eigenvalue weighted by atomic mass is 32.1. The zero-order valence-electron chi connectivity index (χ0n) is 15.5. The SMILES string of the molecule is COc1ccc2oc(-c3ccc(NC(=S)NC(=O)c4ccccc4)cc3)nc2c1. The van der Waals surface area contributed by atoms with Crippen molar-refractivity contribution in [2.24, 2.45) is 0 Å². The van der Waals surface area contributed by atoms with Crippen LogP contribution in [0.3, 0.4) is 0 Å². The standard InChI is InChI=1S/C22H17N3O3S/c1-27-17-11-12-19-18(13-17)24-21(28-19)15-7-9-16(10-8-15)23-22(29)25-20(26)14-5-3-2-4-6-14/h2-13H,1H3,(H2,23,25,26,29). The lowest BCUT2D eigenvalue weighted by molar-refractivity contribution is 0.0977. The van der Waals surface area contributed by atoms with Crippen molar-refractivity contribution >= 4 is 40.0 Å². The monoisotopic (exact) mass is 403 g/mol. The van der Waals surface area contributed by atoms with E-state index in [1.807, 2.05) is 48.5 Å². The number of fused-ring (bicyclic) bond motifs is 1. The van der Waals surface area contributed by atoms with Crippen LogP contribution in [-0.4, -0.2) is 23.1 Å². The molecule has 4 rings (SSSR count). The molecule has 2 N–H and O–H groups in total. The minimum atomic E-state index is -0.262. The van der Waals surface area contributed by atoms with Crippen LogP contribution in [0.5, 0.6) is 5.75 Å². The molecule has 1 amide bonds. The fourth-order valence-electron chi connectivity index (χ4n) is 2.78. The van der Waals surface area contributed by atoms with Gasteiger partial charge in [-0.1, -0.05) is 18.2 Å². The van der Waals surface area contributed by atoms with E-state index in [0.717, 1.165) is 22.5 Å². The smallest absolute Gasteiger partial charge is 0.257 e. The Hall–Kier alpha value is -3.71. The van der Waals surface area contributed by atoms with E-state index in [9.17, 15) is 4.79 Å². The van der Waals surface area contributed by atoms with E-state index in [-0.39, 0.29) is 11.0 Å². The summed E-state index contributed by atoms with van der Waals surface area (Å²) in [4.78, 5) is 16.7. The summed E-state index contributed by atoms with van der Waals surface area (Å²) in [5.74, 6) is 0.976. The molecular formula is C22H17N3O3S. The number of amides is 1. The first-order chi connectivity index (χ1) is 14.1. The summed E-state index contributed by atoms with van der Waals surface area (Å²) >= 11 is 5.22. The maximum Gasteiger partial charge on any atom is 0.257 e. The third kappa shape index (κ3) is 4.25. The summed E-state index contributed by atoms with van der Waals surface area (Å²) in [6.45, 7) is 0. The molecule has 1 aromatic heterocycles. The summed E-state index contributed by atoms with van der Waals surface area (Å²) in [6, 6.07) is 21.8. The van der Waals surface area contributed by atoms with Crippen molar-refractivity contribution in [2.45, 2.75) is 0 Å². The number of nitrogens with zero attached hydrogens (tertiary/aromatic N) is 1. The van der Waals surface area contributed by atoms with Crippen molar-refractivity contribution in [2.75, 3.05) is 12.4 Å². The van der Waals surface area contributed by atoms with Crippen LogP contribution in [0.15, 0.2) is 77.2 Å². The molecule has 4 aromatic rings. The van der Waals surface area contributed by atoms with E-state index >= 15 is 0 Å². The number of ether oxygens (including phenoxy) is 1. The number of oxazole rings is 1. The molecule has 0 unspecified atom stereocenters. The molecule has 6 nitrogen and oxygen atoms in total. The summed E-state index contributed by atoms with van der Waals surface area (Å²) < 4.78 is 11.0. The molecule has 0 aliphatic carbocycles. The van der Waals surface area contributed by atoms with E-state index in [1.165, 1.54) is 0 Å². The Labute approximate surface area is 172 Å². The van der Waals surface area contributed by atoms with Crippen LogP contribution in [0.1, 0.15) is 10.4 Å². The first-order valence-corrected chi connectivity index (χ1v) is 9.25. The molecule has 0 spiro atoms. The lowest BCUT2D eigenvalue weighted by atomic mass is 10.2. The molecule has 1 heterocycles. The number of benzene rings is 3. The third-order valence-electron chi connectivity index (χ3n) is 4.25. The van der Waals surface area contributed by atoms with Gasteiger partial charge in [0.1, 0.15) is 11.3 Å². The fraction of sp³-hybridized carbons (Fsp3) is 0.0455. The summed E-state index contributed by atoms with van der Waals surface area (Å²) in [6.07, 6.45) is 0. The molecule has 144 valence electrons. The Morgan fingerprint density at radius 2 is 1.79 bits per heavy atom. The van der Waals surface area contributed by atoms with Crippen LogP contribution in [0.4, 0.5) is 5.69 Å². The number of thiocarbonyl (C=S) groups is 1. The van der Waals surface area contributed by atoms with Crippen LogP contribution in [0.25, 0.3) is 22.6 Å². The number of anilines is 1. The lowest BCUT2D eigenvalue weighted by Crippen LogP contribution is -2.34. The van der Waals surface area contributed by atoms with E-state index in [2.05, 4.69) is 15.6 Å². The quantitative estimate of drug-likeness (QED) is 0.484. The van der Waals surface area contributed by atoms with Crippen molar-refractivity contribution in [3.8, 4) is 17.2 Å². The molecule has 7 heteroatoms. The molecule has 0 fully saturated rings. The minimum Gasteiger partial charge on any atom is -0.497 e. The van der Waals surface area contributed by atoms with Gasteiger partial charge in [-0.3, -0.25) is 10.1 Å². The van der Waals surface area contributed by atoms with Gasteiger partial charge in [-0.15, -0.1) is 0 Å². The molecule has 0 aliphatic rings. The molecule has 0 saturated carbocycles. The largest absolute Gasteiger partial charge is 0.497 e. The van der Waals surface area contributed by atoms with Gasteiger partial charge in [-0.2, -0.15) is 0 Å². The molecular weight excluding hydrogens is 386 g/mol. The zero-order chi connectivity index (χ0) is 20.2. The van der Waals surface area contributed by atoms with Crippen LogP contribution in [0.2, 0.25) is 0 Å². The minimum absolute atomic E-state index is 0.223. The van der Waals surface area contributed by atoms with Crippen molar-refractivity contribution in [1.82, 2.24) is 10.3 Å². The number of carbonyl (C=O) groups excluding carboxylic acids is 1. The highest BCUT2D eigenvalue weighted by molar-refractivity contribution is 7.80. The second-order valence-corrected chi connectivity index (χ2v) is 6.61. The molecule has 0 bridgehead atoms. The number of hydrogen-bond donors (Lipinski definition) is 2. The topological polar surface area (TPSA) is 76.4 Å². The Morgan fingerprint density at radius 1 is 1.03 bits per heavy atom. The highest BCUT2D eigenvalue weighted by Gasteiger charge is 2.10. The Kier molecular flexibility index (Phi) is 5.22. The molecule has 0 saturated heterocycles. The number of hydrogen-bond acceptors (Lipinski definition) is 5. The van der Waals surface area contributed by atoms with E-state index in [0.29, 0.717) is 17.0 Å². The van der Waals surface area contributed by atoms with E-state index < -0.39 is 0 Å². The van der Waals surface area contributed by atoms with Gasteiger partial charge >= 0.3 is 0 Å². The van der Waals surface area contributed by atoms with E-state index in [4.69, 9.17) is 21.4 Å². The van der Waals surface area contributed by atoms with Crippen LogP contribution < -0.4 is 15.4 Å². The number of carbonyl (C=O) groups is 1. The van der Waals surface area contributed by atoms with Gasteiger partial charge in [0, 0.05) is 22.9 Å². The molecule has 29 heavy (non-hydrogen) atoms. The summed E-state index contributed by atoms with van der Waals surface area (Å²) in [5, 5.41) is 5.88. The molecule has 0 atom stereocenters. The molecule has 0 radical (unpaired) electrons. The van der Waals surface area contributed by atoms with Crippen molar-refractivity contribution in [1.29, 1.82) is 0 Å². The Bertz CT molecular complexity index is 1170. The van der Waals surface area contributed by atoms with Crippen LogP contribution >= 0.6 is 12.2 Å². The summed E-state index contributed by atoms with van der Waals surface area (Å²) in [5.41, 5.74) is 3.52. The Balaban J connectivity index is 1.44. The third-order valence-corrected chi connectivity index (χ3v) is 4.45. The normalized spacial score (nSPS) is 10.5. The maximum absolute atomic E-state index is 12.1. The van der Waals surface area contributed by atoms with Gasteiger partial charge in [0.15, 0.2) is 10.7 Å². The number of nitrogens with one attached hydrogen (secondary N) is 2. The average molecular weight is 403 g/mol. The Morgan fingerprint density at radius 3 is 2.52 bits per heavy atom. The second-order valence-electron chi connectivity index (χ2n) is 6.20. The van der Waals surface area contributed by atoms with Crippen molar-refractivity contribution in [3.63, 3.8) is 0 Å². The predicted octanol–water partition coefficient (Wildman–Crippen LogP) is 4.63. The molecule has 3 aromatic carbocycles. The van der Waals surface area contributed by atoms with E-state index in [1.54, 1.807) is 31.4 Å². The van der Waals surface area contributed by atoms with Crippen molar-refractivity contribution in [3.05, 3.63) is 78.4 Å². The van der Waals surface area contributed by atoms with Crippen LogP contribution in [0, 0.1) is 0 Å². The van der Waals surface area contributed by atoms with Gasteiger partial charge in [-0.05, 0) is 60.7 Å². The summed E-state index contributed by atoms with van der Waals surface area (Å²) in [7, 11) is 1.61. The number of rotatable bonds is 4. The molecule has 0 aliphatic heterocycles. The highest BCUT2D eigenvalue weighted by Crippen LogP contribution is 2.27. The first kappa shape index (κ1) is 18.6. The van der Waals surface area contributed by atoms with Gasteiger partial charge < -0.3 is 14.5 Å². The van der Waals surface area contributed by atoms with Gasteiger partial charge in [0.25, 0.3) is 5.91 Å². The number of aromatic nitrogens is 1. The van der Waals surface area contributed by atoms with Crippen LogP contribution in [-0.2, 0) is 0 Å². The predicted molar refractivity (Wildman–Crippen MR) is 116 cm³/mol. The fourth-order valence-corrected chi connectivity index (χ4v) is 2.99. The second kappa shape index (κ2) is 8.12.